The molecular weight excluding hydrogens is 360 g/mol. The maximum absolute atomic E-state index is 12.8. The van der Waals surface area contributed by atoms with Crippen molar-refractivity contribution in [1.29, 1.82) is 0 Å². The summed E-state index contributed by atoms with van der Waals surface area (Å²) in [5.41, 5.74) is 4.13. The molecule has 1 aromatic heterocycles. The van der Waals surface area contributed by atoms with Gasteiger partial charge >= 0.3 is 0 Å². The maximum atomic E-state index is 12.8. The Morgan fingerprint density at radius 1 is 0.931 bits per heavy atom. The van der Waals surface area contributed by atoms with E-state index in [1.807, 2.05) is 41.3 Å². The second-order valence-electron chi connectivity index (χ2n) is 7.43. The first kappa shape index (κ1) is 19.2. The van der Waals surface area contributed by atoms with Crippen LogP contribution in [0.5, 0.6) is 0 Å². The molecule has 1 aliphatic heterocycles. The minimum atomic E-state index is 0.0549. The third kappa shape index (κ3) is 4.81. The van der Waals surface area contributed by atoms with Crippen molar-refractivity contribution in [3.63, 3.8) is 0 Å². The lowest BCUT2D eigenvalue weighted by Gasteiger charge is -2.34. The van der Waals surface area contributed by atoms with Crippen LogP contribution in [0.4, 0.5) is 11.5 Å². The second kappa shape index (κ2) is 8.88. The first-order valence-corrected chi connectivity index (χ1v) is 10.0. The summed E-state index contributed by atoms with van der Waals surface area (Å²) in [6, 6.07) is 22.3. The van der Waals surface area contributed by atoms with Gasteiger partial charge in [-0.25, -0.2) is 4.98 Å². The Labute approximate surface area is 172 Å². The number of rotatable bonds is 5. The molecule has 0 saturated carbocycles. The Morgan fingerprint density at radius 2 is 1.66 bits per heavy atom. The third-order valence-electron chi connectivity index (χ3n) is 5.33. The molecule has 1 fully saturated rings. The molecule has 1 amide bonds. The smallest absolute Gasteiger partial charge is 0.255 e. The van der Waals surface area contributed by atoms with Crippen LogP contribution in [0.3, 0.4) is 0 Å². The van der Waals surface area contributed by atoms with Crippen LogP contribution in [0.1, 0.15) is 21.5 Å². The molecule has 29 heavy (non-hydrogen) atoms. The first-order valence-electron chi connectivity index (χ1n) is 10.0. The third-order valence-corrected chi connectivity index (χ3v) is 5.33. The predicted octanol–water partition coefficient (Wildman–Crippen LogP) is 4.09. The molecule has 2 heterocycles. The Bertz CT molecular complexity index is 948. The molecule has 4 rings (SSSR count). The van der Waals surface area contributed by atoms with Gasteiger partial charge in [0.1, 0.15) is 5.82 Å². The van der Waals surface area contributed by atoms with Gasteiger partial charge in [-0.3, -0.25) is 9.69 Å². The van der Waals surface area contributed by atoms with Crippen LogP contribution < -0.4 is 5.32 Å². The van der Waals surface area contributed by atoms with Crippen molar-refractivity contribution in [2.45, 2.75) is 13.5 Å². The van der Waals surface area contributed by atoms with Crippen molar-refractivity contribution >= 4 is 17.4 Å². The molecule has 3 aromatic rings. The number of nitrogens with zero attached hydrogens (tertiary/aromatic N) is 3. The maximum Gasteiger partial charge on any atom is 0.255 e. The summed E-state index contributed by atoms with van der Waals surface area (Å²) in [6.45, 7) is 6.26. The van der Waals surface area contributed by atoms with Gasteiger partial charge in [0.25, 0.3) is 5.91 Å². The van der Waals surface area contributed by atoms with E-state index in [4.69, 9.17) is 0 Å². The molecule has 1 saturated heterocycles. The van der Waals surface area contributed by atoms with E-state index in [-0.39, 0.29) is 5.91 Å². The summed E-state index contributed by atoms with van der Waals surface area (Å²) >= 11 is 0. The minimum Gasteiger partial charge on any atom is -0.340 e. The lowest BCUT2D eigenvalue weighted by Crippen LogP contribution is -2.48. The SMILES string of the molecule is Cc1ccccc1Nc1ccc(C(=O)N2CCN(Cc3ccccc3)CC2)cn1. The summed E-state index contributed by atoms with van der Waals surface area (Å²) in [7, 11) is 0. The molecule has 0 atom stereocenters. The zero-order chi connectivity index (χ0) is 20.1. The Hall–Kier alpha value is -3.18. The molecule has 148 valence electrons. The molecule has 5 heteroatoms. The summed E-state index contributed by atoms with van der Waals surface area (Å²) in [4.78, 5) is 21.6. The fourth-order valence-corrected chi connectivity index (χ4v) is 3.58. The van der Waals surface area contributed by atoms with Crippen molar-refractivity contribution < 1.29 is 4.79 Å². The molecule has 2 aromatic carbocycles. The molecule has 1 N–H and O–H groups in total. The molecule has 0 aliphatic carbocycles. The topological polar surface area (TPSA) is 48.5 Å². The number of pyridine rings is 1. The van der Waals surface area contributed by atoms with E-state index >= 15 is 0 Å². The van der Waals surface area contributed by atoms with Gasteiger partial charge in [0, 0.05) is 44.6 Å². The lowest BCUT2D eigenvalue weighted by atomic mass is 10.2. The number of nitrogens with one attached hydrogen (secondary N) is 1. The van der Waals surface area contributed by atoms with Gasteiger partial charge in [-0.2, -0.15) is 0 Å². The highest BCUT2D eigenvalue weighted by Crippen LogP contribution is 2.19. The number of carbonyl (C=O) groups is 1. The Morgan fingerprint density at radius 3 is 2.34 bits per heavy atom. The summed E-state index contributed by atoms with van der Waals surface area (Å²) in [5, 5.41) is 3.30. The fourth-order valence-electron chi connectivity index (χ4n) is 3.58. The highest BCUT2D eigenvalue weighted by molar-refractivity contribution is 5.94. The van der Waals surface area contributed by atoms with E-state index in [1.54, 1.807) is 6.20 Å². The number of hydrogen-bond donors (Lipinski definition) is 1. The van der Waals surface area contributed by atoms with E-state index in [0.717, 1.165) is 49.8 Å². The van der Waals surface area contributed by atoms with Crippen LogP contribution in [-0.2, 0) is 6.54 Å². The molecule has 5 nitrogen and oxygen atoms in total. The normalized spacial score (nSPS) is 14.6. The van der Waals surface area contributed by atoms with Gasteiger partial charge < -0.3 is 10.2 Å². The average Bonchev–Trinajstić information content (AvgIpc) is 2.77. The van der Waals surface area contributed by atoms with Crippen LogP contribution in [0.15, 0.2) is 72.9 Å². The molecule has 0 radical (unpaired) electrons. The quantitative estimate of drug-likeness (QED) is 0.717. The van der Waals surface area contributed by atoms with Crippen LogP contribution >= 0.6 is 0 Å². The van der Waals surface area contributed by atoms with E-state index in [9.17, 15) is 4.79 Å². The Balaban J connectivity index is 1.32. The number of para-hydroxylation sites is 1. The first-order chi connectivity index (χ1) is 14.2. The van der Waals surface area contributed by atoms with Crippen LogP contribution in [0.25, 0.3) is 0 Å². The largest absolute Gasteiger partial charge is 0.340 e. The van der Waals surface area contributed by atoms with Crippen molar-refractivity contribution in [3.8, 4) is 0 Å². The lowest BCUT2D eigenvalue weighted by molar-refractivity contribution is 0.0628. The van der Waals surface area contributed by atoms with Crippen LogP contribution in [0.2, 0.25) is 0 Å². The van der Waals surface area contributed by atoms with E-state index in [2.05, 4.69) is 52.5 Å². The highest BCUT2D eigenvalue weighted by Gasteiger charge is 2.22. The van der Waals surface area contributed by atoms with Crippen molar-refractivity contribution in [2.75, 3.05) is 31.5 Å². The molecule has 0 bridgehead atoms. The van der Waals surface area contributed by atoms with E-state index < -0.39 is 0 Å². The van der Waals surface area contributed by atoms with Gasteiger partial charge in [0.15, 0.2) is 0 Å². The van der Waals surface area contributed by atoms with Crippen LogP contribution in [0, 0.1) is 6.92 Å². The zero-order valence-electron chi connectivity index (χ0n) is 16.7. The number of piperazine rings is 1. The van der Waals surface area contributed by atoms with Gasteiger partial charge in [-0.15, -0.1) is 0 Å². The van der Waals surface area contributed by atoms with Gasteiger partial charge in [-0.05, 0) is 36.2 Å². The van der Waals surface area contributed by atoms with E-state index in [0.29, 0.717) is 5.56 Å². The molecular formula is C24H26N4O. The number of amides is 1. The number of benzene rings is 2. The molecule has 1 aliphatic rings. The van der Waals surface area contributed by atoms with Crippen molar-refractivity contribution in [1.82, 2.24) is 14.8 Å². The van der Waals surface area contributed by atoms with Gasteiger partial charge in [-0.1, -0.05) is 48.5 Å². The number of carbonyl (C=O) groups excluding carboxylic acids is 1. The van der Waals surface area contributed by atoms with Crippen LogP contribution in [-0.4, -0.2) is 46.9 Å². The standard InChI is InChI=1S/C24H26N4O/c1-19-7-5-6-10-22(19)26-23-12-11-21(17-25-23)24(29)28-15-13-27(14-16-28)18-20-8-3-2-4-9-20/h2-12,17H,13-16,18H2,1H3,(H,25,26). The molecule has 0 unspecified atom stereocenters. The fraction of sp³-hybridized carbons (Fsp3) is 0.250. The van der Waals surface area contributed by atoms with Crippen molar-refractivity contribution in [2.24, 2.45) is 0 Å². The summed E-state index contributed by atoms with van der Waals surface area (Å²) < 4.78 is 0. The van der Waals surface area contributed by atoms with E-state index in [1.165, 1.54) is 5.56 Å². The molecule has 0 spiro atoms. The summed E-state index contributed by atoms with van der Waals surface area (Å²) in [6.07, 6.45) is 1.67. The number of aromatic nitrogens is 1. The predicted molar refractivity (Wildman–Crippen MR) is 116 cm³/mol. The van der Waals surface area contributed by atoms with Gasteiger partial charge in [0.2, 0.25) is 0 Å². The number of hydrogen-bond acceptors (Lipinski definition) is 4. The van der Waals surface area contributed by atoms with Crippen molar-refractivity contribution in [3.05, 3.63) is 89.6 Å². The zero-order valence-corrected chi connectivity index (χ0v) is 16.7. The minimum absolute atomic E-state index is 0.0549. The monoisotopic (exact) mass is 386 g/mol. The Kier molecular flexibility index (Phi) is 5.86. The number of anilines is 2. The second-order valence-corrected chi connectivity index (χ2v) is 7.43. The number of aryl methyl sites for hydroxylation is 1. The highest BCUT2D eigenvalue weighted by atomic mass is 16.2. The van der Waals surface area contributed by atoms with Gasteiger partial charge in [0.05, 0.1) is 5.56 Å². The average molecular weight is 386 g/mol. The summed E-state index contributed by atoms with van der Waals surface area (Å²) in [5.74, 6) is 0.794.